The number of methoxy groups -OCH3 is 1. The van der Waals surface area contributed by atoms with Crippen LogP contribution in [0.5, 0.6) is 5.75 Å². The van der Waals surface area contributed by atoms with E-state index in [1.807, 2.05) is 0 Å². The fourth-order valence-corrected chi connectivity index (χ4v) is 3.88. The molecule has 18 heavy (non-hydrogen) atoms. The summed E-state index contributed by atoms with van der Waals surface area (Å²) in [6.07, 6.45) is 2.47. The van der Waals surface area contributed by atoms with Gasteiger partial charge in [0.2, 0.25) is 0 Å². The van der Waals surface area contributed by atoms with Crippen molar-refractivity contribution in [3.63, 3.8) is 0 Å². The van der Waals surface area contributed by atoms with Crippen LogP contribution in [0, 0.1) is 0 Å². The highest BCUT2D eigenvalue weighted by molar-refractivity contribution is 7.99. The molecule has 2 nitrogen and oxygen atoms in total. The molecule has 100 valence electrons. The number of thioether (sulfide) groups is 1. The quantitative estimate of drug-likeness (QED) is 0.881. The van der Waals surface area contributed by atoms with Gasteiger partial charge in [-0.1, -0.05) is 19.9 Å². The van der Waals surface area contributed by atoms with Gasteiger partial charge in [-0.05, 0) is 48.4 Å². The Labute approximate surface area is 114 Å². The fraction of sp³-hybridized carbons (Fsp3) is 0.600. The van der Waals surface area contributed by atoms with E-state index in [-0.39, 0.29) is 0 Å². The van der Waals surface area contributed by atoms with Crippen LogP contribution in [0.3, 0.4) is 0 Å². The van der Waals surface area contributed by atoms with Crippen molar-refractivity contribution in [1.29, 1.82) is 0 Å². The molecule has 2 rings (SSSR count). The van der Waals surface area contributed by atoms with Gasteiger partial charge >= 0.3 is 0 Å². The number of hydrogen-bond acceptors (Lipinski definition) is 3. The highest BCUT2D eigenvalue weighted by Gasteiger charge is 2.29. The lowest BCUT2D eigenvalue weighted by Gasteiger charge is -2.34. The highest BCUT2D eigenvalue weighted by atomic mass is 32.2. The minimum atomic E-state index is 0.471. The van der Waals surface area contributed by atoms with Gasteiger partial charge in [0.25, 0.3) is 0 Å². The normalized spacial score (nSPS) is 22.6. The van der Waals surface area contributed by atoms with E-state index in [0.29, 0.717) is 11.3 Å². The van der Waals surface area contributed by atoms with Gasteiger partial charge in [0.05, 0.1) is 7.11 Å². The average Bonchev–Trinajstić information content (AvgIpc) is 2.41. The minimum absolute atomic E-state index is 0.471. The lowest BCUT2D eigenvalue weighted by molar-refractivity contribution is 0.410. The first kappa shape index (κ1) is 13.8. The van der Waals surface area contributed by atoms with Crippen LogP contribution in [-0.2, 0) is 6.42 Å². The predicted molar refractivity (Wildman–Crippen MR) is 79.7 cm³/mol. The Kier molecular flexibility index (Phi) is 4.95. The van der Waals surface area contributed by atoms with Crippen molar-refractivity contribution in [3.8, 4) is 5.75 Å². The van der Waals surface area contributed by atoms with Gasteiger partial charge < -0.3 is 10.1 Å². The first-order valence-corrected chi connectivity index (χ1v) is 7.86. The molecule has 1 aromatic rings. The van der Waals surface area contributed by atoms with E-state index in [1.54, 1.807) is 7.11 Å². The molecule has 0 heterocycles. The molecule has 2 atom stereocenters. The van der Waals surface area contributed by atoms with Gasteiger partial charge in [-0.15, -0.1) is 0 Å². The van der Waals surface area contributed by atoms with Gasteiger partial charge in [-0.2, -0.15) is 11.8 Å². The maximum absolute atomic E-state index is 5.37. The molecule has 0 aliphatic heterocycles. The first-order chi connectivity index (χ1) is 8.80. The van der Waals surface area contributed by atoms with Crippen molar-refractivity contribution < 1.29 is 4.74 Å². The molecule has 0 spiro atoms. The number of fused-ring (bicyclic) bond motifs is 1. The summed E-state index contributed by atoms with van der Waals surface area (Å²) in [5.41, 5.74) is 2.92. The van der Waals surface area contributed by atoms with Crippen LogP contribution in [0.15, 0.2) is 18.2 Å². The molecule has 0 radical (unpaired) electrons. The van der Waals surface area contributed by atoms with Crippen LogP contribution >= 0.6 is 11.8 Å². The van der Waals surface area contributed by atoms with Gasteiger partial charge in [0.1, 0.15) is 5.75 Å². The minimum Gasteiger partial charge on any atom is -0.497 e. The summed E-state index contributed by atoms with van der Waals surface area (Å²) in [6.45, 7) is 5.44. The third-order valence-corrected chi connectivity index (χ3v) is 4.83. The molecule has 0 aromatic heterocycles. The van der Waals surface area contributed by atoms with Gasteiger partial charge in [-0.3, -0.25) is 0 Å². The molecule has 1 N–H and O–H groups in total. The number of aryl methyl sites for hydroxylation is 1. The lowest BCUT2D eigenvalue weighted by Crippen LogP contribution is -2.34. The lowest BCUT2D eigenvalue weighted by atomic mass is 9.87. The second-order valence-electron chi connectivity index (χ2n) is 4.63. The molecule has 0 bridgehead atoms. The van der Waals surface area contributed by atoms with E-state index in [2.05, 4.69) is 49.1 Å². The Hall–Kier alpha value is -0.670. The molecule has 2 unspecified atom stereocenters. The molecule has 1 aliphatic rings. The first-order valence-electron chi connectivity index (χ1n) is 6.82. The average molecular weight is 265 g/mol. The summed E-state index contributed by atoms with van der Waals surface area (Å²) in [6, 6.07) is 6.99. The zero-order valence-corrected chi connectivity index (χ0v) is 12.3. The Morgan fingerprint density at radius 2 is 2.22 bits per heavy atom. The van der Waals surface area contributed by atoms with E-state index >= 15 is 0 Å². The molecule has 0 fully saturated rings. The Morgan fingerprint density at radius 3 is 2.89 bits per heavy atom. The van der Waals surface area contributed by atoms with E-state index in [9.17, 15) is 0 Å². The van der Waals surface area contributed by atoms with Crippen LogP contribution in [-0.4, -0.2) is 24.7 Å². The molecule has 1 aromatic carbocycles. The monoisotopic (exact) mass is 265 g/mol. The molecule has 3 heteroatoms. The largest absolute Gasteiger partial charge is 0.497 e. The third-order valence-electron chi connectivity index (χ3n) is 3.56. The number of ether oxygens (including phenoxy) is 1. The Balaban J connectivity index is 2.30. The smallest absolute Gasteiger partial charge is 0.119 e. The number of benzene rings is 1. The SMILES string of the molecule is CCNC1c2cc(OC)ccc2CCC1SCC. The van der Waals surface area contributed by atoms with E-state index < -0.39 is 0 Å². The van der Waals surface area contributed by atoms with E-state index in [1.165, 1.54) is 29.7 Å². The Morgan fingerprint density at radius 1 is 1.39 bits per heavy atom. The molecule has 1 aliphatic carbocycles. The zero-order valence-electron chi connectivity index (χ0n) is 11.5. The fourth-order valence-electron chi connectivity index (χ4n) is 2.74. The van der Waals surface area contributed by atoms with Crippen LogP contribution < -0.4 is 10.1 Å². The predicted octanol–water partition coefficient (Wildman–Crippen LogP) is 3.41. The van der Waals surface area contributed by atoms with Crippen LogP contribution in [0.2, 0.25) is 0 Å². The molecule has 0 saturated carbocycles. The summed E-state index contributed by atoms with van der Waals surface area (Å²) in [7, 11) is 1.74. The second-order valence-corrected chi connectivity index (χ2v) is 6.15. The zero-order chi connectivity index (χ0) is 13.0. The third kappa shape index (κ3) is 2.83. The highest BCUT2D eigenvalue weighted by Crippen LogP contribution is 2.38. The van der Waals surface area contributed by atoms with Crippen molar-refractivity contribution in [2.75, 3.05) is 19.4 Å². The number of hydrogen-bond donors (Lipinski definition) is 1. The van der Waals surface area contributed by atoms with Crippen molar-refractivity contribution in [1.82, 2.24) is 5.32 Å². The summed E-state index contributed by atoms with van der Waals surface area (Å²) >= 11 is 2.07. The summed E-state index contributed by atoms with van der Waals surface area (Å²) in [4.78, 5) is 0. The molecular weight excluding hydrogens is 242 g/mol. The van der Waals surface area contributed by atoms with E-state index in [0.717, 1.165) is 12.3 Å². The topological polar surface area (TPSA) is 21.3 Å². The maximum Gasteiger partial charge on any atom is 0.119 e. The van der Waals surface area contributed by atoms with Crippen molar-refractivity contribution in [2.45, 2.75) is 38.0 Å². The second kappa shape index (κ2) is 6.48. The molecule has 0 amide bonds. The van der Waals surface area contributed by atoms with Crippen molar-refractivity contribution >= 4 is 11.8 Å². The summed E-state index contributed by atoms with van der Waals surface area (Å²) in [5, 5.41) is 4.34. The molecule has 0 saturated heterocycles. The number of rotatable bonds is 5. The standard InChI is InChI=1S/C15H23NOS/c1-4-16-15-13-10-12(17-3)8-6-11(13)7-9-14(15)18-5-2/h6,8,10,14-16H,4-5,7,9H2,1-3H3. The summed E-state index contributed by atoms with van der Waals surface area (Å²) < 4.78 is 5.37. The van der Waals surface area contributed by atoms with Crippen LogP contribution in [0.25, 0.3) is 0 Å². The van der Waals surface area contributed by atoms with E-state index in [4.69, 9.17) is 4.74 Å². The number of nitrogens with one attached hydrogen (secondary N) is 1. The van der Waals surface area contributed by atoms with Gasteiger partial charge in [0.15, 0.2) is 0 Å². The Bertz CT molecular complexity index is 394. The van der Waals surface area contributed by atoms with Crippen LogP contribution in [0.1, 0.15) is 37.4 Å². The van der Waals surface area contributed by atoms with Crippen molar-refractivity contribution in [3.05, 3.63) is 29.3 Å². The van der Waals surface area contributed by atoms with Gasteiger partial charge in [-0.25, -0.2) is 0 Å². The van der Waals surface area contributed by atoms with Gasteiger partial charge in [0, 0.05) is 11.3 Å². The van der Waals surface area contributed by atoms with Crippen molar-refractivity contribution in [2.24, 2.45) is 0 Å². The van der Waals surface area contributed by atoms with Crippen LogP contribution in [0.4, 0.5) is 0 Å². The maximum atomic E-state index is 5.37. The summed E-state index contributed by atoms with van der Waals surface area (Å²) in [5.74, 6) is 2.16. The molecular formula is C15H23NOS.